The van der Waals surface area contributed by atoms with Gasteiger partial charge < -0.3 is 5.32 Å². The van der Waals surface area contributed by atoms with Crippen LogP contribution in [0.5, 0.6) is 0 Å². The molecule has 0 amide bonds. The van der Waals surface area contributed by atoms with Gasteiger partial charge >= 0.3 is 0 Å². The van der Waals surface area contributed by atoms with E-state index in [-0.39, 0.29) is 12.1 Å². The maximum atomic E-state index is 12.4. The van der Waals surface area contributed by atoms with Gasteiger partial charge in [-0.05, 0) is 19.3 Å². The van der Waals surface area contributed by atoms with Crippen LogP contribution in [0.2, 0.25) is 0 Å². The Morgan fingerprint density at radius 1 is 1.47 bits per heavy atom. The molecule has 19 heavy (non-hydrogen) atoms. The quantitative estimate of drug-likeness (QED) is 0.725. The molecule has 3 N–H and O–H groups in total. The van der Waals surface area contributed by atoms with Crippen LogP contribution >= 0.6 is 0 Å². The number of aromatic amines is 1. The maximum absolute atomic E-state index is 12.4. The van der Waals surface area contributed by atoms with E-state index < -0.39 is 10.0 Å². The third-order valence-electron chi connectivity index (χ3n) is 3.32. The van der Waals surface area contributed by atoms with E-state index in [1.165, 1.54) is 0 Å². The summed E-state index contributed by atoms with van der Waals surface area (Å²) in [6, 6.07) is 0.356. The molecule has 108 valence electrons. The van der Waals surface area contributed by atoms with Gasteiger partial charge in [-0.2, -0.15) is 5.10 Å². The SMILES string of the molecule is Cc1[nH]nc(CNC(C)C)c1S(=O)(=O)NC1CC1C. The van der Waals surface area contributed by atoms with E-state index in [0.717, 1.165) is 6.42 Å². The summed E-state index contributed by atoms with van der Waals surface area (Å²) in [6.45, 7) is 8.24. The van der Waals surface area contributed by atoms with Crippen LogP contribution in [0.1, 0.15) is 38.6 Å². The summed E-state index contributed by atoms with van der Waals surface area (Å²) in [5.74, 6) is 0.430. The molecule has 2 rings (SSSR count). The molecule has 1 aliphatic rings. The Kier molecular flexibility index (Phi) is 3.98. The van der Waals surface area contributed by atoms with Crippen molar-refractivity contribution in [2.45, 2.75) is 57.6 Å². The number of nitrogens with zero attached hydrogens (tertiary/aromatic N) is 1. The molecular formula is C12H22N4O2S. The molecule has 1 saturated carbocycles. The Morgan fingerprint density at radius 3 is 2.63 bits per heavy atom. The molecule has 1 heterocycles. The van der Waals surface area contributed by atoms with Crippen molar-refractivity contribution < 1.29 is 8.42 Å². The topological polar surface area (TPSA) is 86.9 Å². The van der Waals surface area contributed by atoms with Crippen molar-refractivity contribution in [1.82, 2.24) is 20.2 Å². The highest BCUT2D eigenvalue weighted by Gasteiger charge is 2.38. The molecule has 0 radical (unpaired) electrons. The second kappa shape index (κ2) is 5.22. The predicted molar refractivity (Wildman–Crippen MR) is 73.2 cm³/mol. The fraction of sp³-hybridized carbons (Fsp3) is 0.750. The van der Waals surface area contributed by atoms with Crippen LogP contribution in [-0.2, 0) is 16.6 Å². The van der Waals surface area contributed by atoms with Gasteiger partial charge in [0.15, 0.2) is 0 Å². The minimum atomic E-state index is -3.48. The number of hydrogen-bond acceptors (Lipinski definition) is 4. The van der Waals surface area contributed by atoms with E-state index in [4.69, 9.17) is 0 Å². The number of rotatable bonds is 6. The molecule has 0 saturated heterocycles. The number of aryl methyl sites for hydroxylation is 1. The van der Waals surface area contributed by atoms with E-state index in [2.05, 4.69) is 20.2 Å². The van der Waals surface area contributed by atoms with Crippen molar-refractivity contribution in [3.8, 4) is 0 Å². The third-order valence-corrected chi connectivity index (χ3v) is 5.02. The van der Waals surface area contributed by atoms with Gasteiger partial charge in [-0.25, -0.2) is 13.1 Å². The Morgan fingerprint density at radius 2 is 2.11 bits per heavy atom. The zero-order valence-corrected chi connectivity index (χ0v) is 12.6. The first-order valence-corrected chi connectivity index (χ1v) is 8.09. The summed E-state index contributed by atoms with van der Waals surface area (Å²) in [6.07, 6.45) is 0.912. The highest BCUT2D eigenvalue weighted by Crippen LogP contribution is 2.31. The molecule has 6 nitrogen and oxygen atoms in total. The Balaban J connectivity index is 2.20. The van der Waals surface area contributed by atoms with Crippen LogP contribution in [0.3, 0.4) is 0 Å². The van der Waals surface area contributed by atoms with Crippen LogP contribution in [0.25, 0.3) is 0 Å². The van der Waals surface area contributed by atoms with Crippen LogP contribution in [0.4, 0.5) is 0 Å². The zero-order valence-electron chi connectivity index (χ0n) is 11.8. The first kappa shape index (κ1) is 14.5. The zero-order chi connectivity index (χ0) is 14.2. The number of hydrogen-bond donors (Lipinski definition) is 3. The normalized spacial score (nSPS) is 23.0. The van der Waals surface area contributed by atoms with Gasteiger partial charge in [0, 0.05) is 18.6 Å². The molecule has 2 atom stereocenters. The second-order valence-corrected chi connectivity index (χ2v) is 7.25. The average molecular weight is 286 g/mol. The summed E-state index contributed by atoms with van der Waals surface area (Å²) in [7, 11) is -3.48. The lowest BCUT2D eigenvalue weighted by molar-refractivity contribution is 0.562. The van der Waals surface area contributed by atoms with Gasteiger partial charge in [0.2, 0.25) is 10.0 Å². The Bertz CT molecular complexity index is 550. The Labute approximate surface area is 114 Å². The van der Waals surface area contributed by atoms with Crippen molar-refractivity contribution in [2.24, 2.45) is 5.92 Å². The fourth-order valence-electron chi connectivity index (χ4n) is 1.99. The number of aromatic nitrogens is 2. The molecule has 1 aromatic heterocycles. The van der Waals surface area contributed by atoms with E-state index in [1.807, 2.05) is 20.8 Å². The first-order valence-electron chi connectivity index (χ1n) is 6.61. The van der Waals surface area contributed by atoms with Crippen molar-refractivity contribution in [3.05, 3.63) is 11.4 Å². The number of H-pyrrole nitrogens is 1. The largest absolute Gasteiger partial charge is 0.309 e. The second-order valence-electron chi connectivity index (χ2n) is 5.60. The lowest BCUT2D eigenvalue weighted by Crippen LogP contribution is -2.29. The van der Waals surface area contributed by atoms with E-state index in [0.29, 0.717) is 28.7 Å². The molecule has 0 spiro atoms. The van der Waals surface area contributed by atoms with Gasteiger partial charge in [0.1, 0.15) is 4.90 Å². The monoisotopic (exact) mass is 286 g/mol. The van der Waals surface area contributed by atoms with E-state index in [1.54, 1.807) is 6.92 Å². The van der Waals surface area contributed by atoms with Gasteiger partial charge in [-0.15, -0.1) is 0 Å². The first-order chi connectivity index (χ1) is 8.81. The van der Waals surface area contributed by atoms with Crippen molar-refractivity contribution in [2.75, 3.05) is 0 Å². The Hall–Kier alpha value is -0.920. The smallest absolute Gasteiger partial charge is 0.244 e. The minimum absolute atomic E-state index is 0.0743. The van der Waals surface area contributed by atoms with Gasteiger partial charge in [0.05, 0.1) is 11.4 Å². The van der Waals surface area contributed by atoms with Crippen LogP contribution in [0.15, 0.2) is 4.90 Å². The van der Waals surface area contributed by atoms with Gasteiger partial charge in [-0.1, -0.05) is 20.8 Å². The standard InChI is InChI=1S/C12H22N4O2S/c1-7(2)13-6-11-12(9(4)14-15-11)19(17,18)16-10-5-8(10)3/h7-8,10,13,16H,5-6H2,1-4H3,(H,14,15). The number of sulfonamides is 1. The van der Waals surface area contributed by atoms with Crippen molar-refractivity contribution in [3.63, 3.8) is 0 Å². The molecule has 0 bridgehead atoms. The molecule has 1 aliphatic carbocycles. The summed E-state index contributed by atoms with van der Waals surface area (Å²) in [5.41, 5.74) is 1.13. The molecular weight excluding hydrogens is 264 g/mol. The molecule has 7 heteroatoms. The third kappa shape index (κ3) is 3.34. The van der Waals surface area contributed by atoms with E-state index >= 15 is 0 Å². The van der Waals surface area contributed by atoms with Crippen LogP contribution < -0.4 is 10.0 Å². The summed E-state index contributed by atoms with van der Waals surface area (Å²) in [5, 5.41) is 10.0. The van der Waals surface area contributed by atoms with Crippen molar-refractivity contribution >= 4 is 10.0 Å². The number of nitrogens with one attached hydrogen (secondary N) is 3. The van der Waals surface area contributed by atoms with Crippen molar-refractivity contribution in [1.29, 1.82) is 0 Å². The maximum Gasteiger partial charge on any atom is 0.244 e. The lowest BCUT2D eigenvalue weighted by atomic mass is 10.3. The fourth-order valence-corrected chi connectivity index (χ4v) is 3.71. The molecule has 1 aromatic rings. The summed E-state index contributed by atoms with van der Waals surface area (Å²) < 4.78 is 27.5. The highest BCUT2D eigenvalue weighted by molar-refractivity contribution is 7.89. The van der Waals surface area contributed by atoms with Crippen LogP contribution in [0, 0.1) is 12.8 Å². The highest BCUT2D eigenvalue weighted by atomic mass is 32.2. The van der Waals surface area contributed by atoms with Gasteiger partial charge in [-0.3, -0.25) is 5.10 Å². The molecule has 1 fully saturated rings. The van der Waals surface area contributed by atoms with Gasteiger partial charge in [0.25, 0.3) is 0 Å². The van der Waals surface area contributed by atoms with Crippen LogP contribution in [-0.4, -0.2) is 30.7 Å². The average Bonchev–Trinajstić information content (AvgIpc) is 2.82. The summed E-state index contributed by atoms with van der Waals surface area (Å²) in [4.78, 5) is 0.291. The molecule has 0 aromatic carbocycles. The predicted octanol–water partition coefficient (Wildman–Crippen LogP) is 0.903. The minimum Gasteiger partial charge on any atom is -0.309 e. The summed E-state index contributed by atoms with van der Waals surface area (Å²) >= 11 is 0. The molecule has 0 aliphatic heterocycles. The molecule has 2 unspecified atom stereocenters. The van der Waals surface area contributed by atoms with E-state index in [9.17, 15) is 8.42 Å². The lowest BCUT2D eigenvalue weighted by Gasteiger charge is -2.09.